The first-order valence-corrected chi connectivity index (χ1v) is 6.61. The standard InChI is InChI=1S/C10H11F2IN2O5/c11-10(12)1-5(17)9(20,3-16)7(10)15-2-4(13)6(18)14-8(15)19/h2,5,7,16-17,20H,1,3H2,(H,14,18,19). The predicted octanol–water partition coefficient (Wildman–Crippen LogP) is -1.19. The fraction of sp³-hybridized carbons (Fsp3) is 0.600. The average molecular weight is 404 g/mol. The van der Waals surface area contributed by atoms with Crippen LogP contribution in [0.4, 0.5) is 8.78 Å². The van der Waals surface area contributed by atoms with E-state index in [2.05, 4.69) is 0 Å². The molecule has 10 heteroatoms. The minimum Gasteiger partial charge on any atom is -0.393 e. The van der Waals surface area contributed by atoms with Gasteiger partial charge in [0.15, 0.2) is 0 Å². The van der Waals surface area contributed by atoms with Crippen LogP contribution >= 0.6 is 22.6 Å². The number of aromatic amines is 1. The second-order valence-corrected chi connectivity index (χ2v) is 5.84. The molecule has 112 valence electrons. The van der Waals surface area contributed by atoms with E-state index >= 15 is 0 Å². The molecule has 0 saturated heterocycles. The van der Waals surface area contributed by atoms with Crippen LogP contribution in [0.2, 0.25) is 0 Å². The SMILES string of the molecule is O=c1[nH]c(=O)n(C2C(F)(F)CC(O)C2(O)CO)cc1I. The maximum absolute atomic E-state index is 14.0. The molecular weight excluding hydrogens is 393 g/mol. The molecule has 3 atom stereocenters. The summed E-state index contributed by atoms with van der Waals surface area (Å²) in [5.41, 5.74) is -4.48. The molecule has 20 heavy (non-hydrogen) atoms. The third-order valence-corrected chi connectivity index (χ3v) is 4.14. The molecule has 7 nitrogen and oxygen atoms in total. The Kier molecular flexibility index (Phi) is 3.77. The molecule has 0 bridgehead atoms. The van der Waals surface area contributed by atoms with Crippen LogP contribution in [0.1, 0.15) is 12.5 Å². The molecule has 3 unspecified atom stereocenters. The van der Waals surface area contributed by atoms with Gasteiger partial charge < -0.3 is 15.3 Å². The lowest BCUT2D eigenvalue weighted by molar-refractivity contribution is -0.131. The first kappa shape index (κ1) is 15.5. The van der Waals surface area contributed by atoms with Crippen molar-refractivity contribution in [2.24, 2.45) is 0 Å². The summed E-state index contributed by atoms with van der Waals surface area (Å²) in [4.78, 5) is 24.7. The van der Waals surface area contributed by atoms with E-state index in [4.69, 9.17) is 5.11 Å². The molecule has 0 aliphatic heterocycles. The van der Waals surface area contributed by atoms with Gasteiger partial charge in [-0.2, -0.15) is 0 Å². The summed E-state index contributed by atoms with van der Waals surface area (Å²) in [6.45, 7) is -1.16. The Bertz CT molecular complexity index is 645. The van der Waals surface area contributed by atoms with E-state index in [0.717, 1.165) is 6.20 Å². The zero-order valence-electron chi connectivity index (χ0n) is 9.89. The Hall–Kier alpha value is -0.850. The van der Waals surface area contributed by atoms with Crippen molar-refractivity contribution in [3.05, 3.63) is 30.6 Å². The van der Waals surface area contributed by atoms with Crippen LogP contribution in [0.3, 0.4) is 0 Å². The molecule has 0 spiro atoms. The van der Waals surface area contributed by atoms with Gasteiger partial charge in [0.1, 0.15) is 11.6 Å². The highest BCUT2D eigenvalue weighted by Crippen LogP contribution is 2.49. The summed E-state index contributed by atoms with van der Waals surface area (Å²) in [5, 5.41) is 28.8. The third kappa shape index (κ3) is 2.19. The molecule has 1 aliphatic carbocycles. The number of H-pyrrole nitrogens is 1. The monoisotopic (exact) mass is 404 g/mol. The van der Waals surface area contributed by atoms with Crippen LogP contribution in [-0.2, 0) is 0 Å². The van der Waals surface area contributed by atoms with E-state index < -0.39 is 47.9 Å². The van der Waals surface area contributed by atoms with Gasteiger partial charge >= 0.3 is 5.69 Å². The van der Waals surface area contributed by atoms with Crippen molar-refractivity contribution in [1.29, 1.82) is 0 Å². The Balaban J connectivity index is 2.68. The predicted molar refractivity (Wildman–Crippen MR) is 70.7 cm³/mol. The number of alkyl halides is 2. The number of rotatable bonds is 2. The van der Waals surface area contributed by atoms with E-state index in [1.807, 2.05) is 4.98 Å². The lowest BCUT2D eigenvalue weighted by atomic mass is 9.95. The summed E-state index contributed by atoms with van der Waals surface area (Å²) in [6.07, 6.45) is -2.14. The number of hydrogen-bond acceptors (Lipinski definition) is 5. The highest BCUT2D eigenvalue weighted by Gasteiger charge is 2.64. The van der Waals surface area contributed by atoms with Gasteiger partial charge in [0.25, 0.3) is 11.5 Å². The van der Waals surface area contributed by atoms with Crippen molar-refractivity contribution in [3.63, 3.8) is 0 Å². The lowest BCUT2D eigenvalue weighted by Gasteiger charge is -2.32. The van der Waals surface area contributed by atoms with E-state index in [-0.39, 0.29) is 3.57 Å². The zero-order valence-corrected chi connectivity index (χ0v) is 12.0. The quantitative estimate of drug-likeness (QED) is 0.463. The zero-order chi connectivity index (χ0) is 15.3. The van der Waals surface area contributed by atoms with Gasteiger partial charge in [-0.05, 0) is 22.6 Å². The summed E-state index contributed by atoms with van der Waals surface area (Å²) >= 11 is 1.54. The maximum Gasteiger partial charge on any atom is 0.328 e. The fourth-order valence-corrected chi connectivity index (χ4v) is 2.82. The molecule has 1 aliphatic rings. The highest BCUT2D eigenvalue weighted by molar-refractivity contribution is 14.1. The third-order valence-electron chi connectivity index (χ3n) is 3.37. The molecule has 1 aromatic heterocycles. The number of nitrogens with one attached hydrogen (secondary N) is 1. The smallest absolute Gasteiger partial charge is 0.328 e. The van der Waals surface area contributed by atoms with Gasteiger partial charge in [-0.3, -0.25) is 14.3 Å². The minimum atomic E-state index is -3.62. The maximum atomic E-state index is 14.0. The van der Waals surface area contributed by atoms with Gasteiger partial charge in [-0.25, -0.2) is 13.6 Å². The summed E-state index contributed by atoms with van der Waals surface area (Å²) in [7, 11) is 0. The van der Waals surface area contributed by atoms with Crippen LogP contribution in [0.15, 0.2) is 15.8 Å². The second-order valence-electron chi connectivity index (χ2n) is 4.68. The van der Waals surface area contributed by atoms with Crippen LogP contribution in [0.25, 0.3) is 0 Å². The molecule has 0 amide bonds. The van der Waals surface area contributed by atoms with E-state index in [1.165, 1.54) is 22.6 Å². The van der Waals surface area contributed by atoms with Gasteiger partial charge in [0, 0.05) is 12.6 Å². The minimum absolute atomic E-state index is 0.0420. The molecule has 1 saturated carbocycles. The number of aromatic nitrogens is 2. The topological polar surface area (TPSA) is 116 Å². The van der Waals surface area contributed by atoms with Gasteiger partial charge in [-0.1, -0.05) is 0 Å². The fourth-order valence-electron chi connectivity index (χ4n) is 2.38. The van der Waals surface area contributed by atoms with Gasteiger partial charge in [0.05, 0.1) is 16.3 Å². The van der Waals surface area contributed by atoms with Gasteiger partial charge in [-0.15, -0.1) is 0 Å². The van der Waals surface area contributed by atoms with Crippen molar-refractivity contribution < 1.29 is 24.1 Å². The average Bonchev–Trinajstić information content (AvgIpc) is 2.51. The molecule has 0 aromatic carbocycles. The van der Waals surface area contributed by atoms with Crippen molar-refractivity contribution in [3.8, 4) is 0 Å². The van der Waals surface area contributed by atoms with E-state index in [1.54, 1.807) is 0 Å². The molecule has 1 fully saturated rings. The Labute approximate surface area is 124 Å². The van der Waals surface area contributed by atoms with E-state index in [9.17, 15) is 28.6 Å². The number of hydrogen-bond donors (Lipinski definition) is 4. The molecule has 1 heterocycles. The van der Waals surface area contributed by atoms with Crippen LogP contribution in [-0.4, -0.2) is 49.1 Å². The number of halogens is 3. The van der Waals surface area contributed by atoms with Crippen molar-refractivity contribution in [2.45, 2.75) is 30.1 Å². The van der Waals surface area contributed by atoms with Crippen molar-refractivity contribution >= 4 is 22.6 Å². The number of aliphatic hydroxyl groups excluding tert-OH is 2. The largest absolute Gasteiger partial charge is 0.393 e. The molecular formula is C10H11F2IN2O5. The summed E-state index contributed by atoms with van der Waals surface area (Å²) in [6, 6.07) is -2.17. The lowest BCUT2D eigenvalue weighted by Crippen LogP contribution is -2.52. The number of nitrogens with zero attached hydrogens (tertiary/aromatic N) is 1. The van der Waals surface area contributed by atoms with E-state index in [0.29, 0.717) is 4.57 Å². The van der Waals surface area contributed by atoms with Gasteiger partial charge in [0.2, 0.25) is 0 Å². The highest BCUT2D eigenvalue weighted by atomic mass is 127. The van der Waals surface area contributed by atoms with Crippen molar-refractivity contribution in [2.75, 3.05) is 6.61 Å². The normalized spacial score (nSPS) is 32.5. The molecule has 2 rings (SSSR count). The van der Waals surface area contributed by atoms with Crippen LogP contribution in [0.5, 0.6) is 0 Å². The Morgan fingerprint density at radius 1 is 1.50 bits per heavy atom. The molecule has 4 N–H and O–H groups in total. The first-order valence-electron chi connectivity index (χ1n) is 5.53. The Morgan fingerprint density at radius 2 is 2.10 bits per heavy atom. The Morgan fingerprint density at radius 3 is 2.65 bits per heavy atom. The van der Waals surface area contributed by atoms with Crippen LogP contribution in [0, 0.1) is 3.57 Å². The van der Waals surface area contributed by atoms with Crippen molar-refractivity contribution in [1.82, 2.24) is 9.55 Å². The second kappa shape index (κ2) is 4.86. The summed E-state index contributed by atoms with van der Waals surface area (Å²) in [5.74, 6) is -3.62. The molecule has 0 radical (unpaired) electrons. The number of aliphatic hydroxyl groups is 3. The van der Waals surface area contributed by atoms with Crippen LogP contribution < -0.4 is 11.2 Å². The summed E-state index contributed by atoms with van der Waals surface area (Å²) < 4.78 is 28.3. The first-order chi connectivity index (χ1) is 9.13. The molecule has 1 aromatic rings.